The third kappa shape index (κ3) is 8.21. The lowest BCUT2D eigenvalue weighted by molar-refractivity contribution is -0.143. The number of carbonyl (C=O) groups is 3. The summed E-state index contributed by atoms with van der Waals surface area (Å²) in [5.74, 6) is -3.47. The van der Waals surface area contributed by atoms with Crippen LogP contribution in [0.4, 0.5) is 13.6 Å². The number of halogens is 2. The van der Waals surface area contributed by atoms with E-state index in [1.807, 2.05) is 104 Å². The summed E-state index contributed by atoms with van der Waals surface area (Å²) in [6.07, 6.45) is 0.553. The molecule has 280 valence electrons. The number of nitrogens with one attached hydrogen (secondary N) is 1. The highest BCUT2D eigenvalue weighted by Gasteiger charge is 2.38. The van der Waals surface area contributed by atoms with Crippen LogP contribution in [0.15, 0.2) is 109 Å². The standard InChI is InChI=1S/C43H43F2N3O6/c1-43(2,3)40(38-21-28(34-22-29(44)17-18-36(34)45)24-47(38)23-27-11-5-4-6-12-27)48(39(50)25-49)20-19-37(41(51)52)46-42(53)54-26-35-32-15-9-7-13-30(32)31-14-8-10-16-33(31)35/h4-18,21-22,24,35,37,40,49H,19-20,23,25-26H2,1-3H3,(H,46,53)(H,51,52). The molecule has 2 unspecified atom stereocenters. The molecule has 1 heterocycles. The van der Waals surface area contributed by atoms with Gasteiger partial charge in [-0.3, -0.25) is 4.79 Å². The molecule has 11 heteroatoms. The number of carboxylic acid groups (broad SMARTS) is 1. The van der Waals surface area contributed by atoms with Gasteiger partial charge >= 0.3 is 12.1 Å². The SMILES string of the molecule is CC(C)(C)C(c1cc(-c2cc(F)ccc2F)cn1Cc1ccccc1)N(CCC(NC(=O)OCC1c2ccccc2-c2ccccc21)C(=O)O)C(=O)CO. The van der Waals surface area contributed by atoms with Crippen LogP contribution in [-0.2, 0) is 20.9 Å². The van der Waals surface area contributed by atoms with Crippen molar-refractivity contribution in [3.63, 3.8) is 0 Å². The average molecular weight is 736 g/mol. The lowest BCUT2D eigenvalue weighted by atomic mass is 9.82. The van der Waals surface area contributed by atoms with E-state index < -0.39 is 53.7 Å². The van der Waals surface area contributed by atoms with Gasteiger partial charge in [-0.25, -0.2) is 18.4 Å². The molecule has 0 fully saturated rings. The second kappa shape index (κ2) is 16.1. The highest BCUT2D eigenvalue weighted by atomic mass is 19.1. The van der Waals surface area contributed by atoms with Gasteiger partial charge in [0, 0.05) is 42.0 Å². The topological polar surface area (TPSA) is 121 Å². The second-order valence-corrected chi connectivity index (χ2v) is 14.6. The van der Waals surface area contributed by atoms with Crippen LogP contribution in [0, 0.1) is 17.0 Å². The van der Waals surface area contributed by atoms with E-state index in [-0.39, 0.29) is 31.1 Å². The van der Waals surface area contributed by atoms with Crippen molar-refractivity contribution in [3.05, 3.63) is 143 Å². The fourth-order valence-electron chi connectivity index (χ4n) is 7.41. The number of alkyl carbamates (subject to hydrolysis) is 1. The molecule has 0 spiro atoms. The zero-order valence-electron chi connectivity index (χ0n) is 30.3. The van der Waals surface area contributed by atoms with Gasteiger partial charge in [0.2, 0.25) is 5.91 Å². The van der Waals surface area contributed by atoms with Crippen molar-refractivity contribution in [2.24, 2.45) is 5.41 Å². The highest BCUT2D eigenvalue weighted by Crippen LogP contribution is 2.45. The maximum Gasteiger partial charge on any atom is 0.407 e. The van der Waals surface area contributed by atoms with Crippen molar-refractivity contribution < 1.29 is 38.1 Å². The number of ether oxygens (including phenoxy) is 1. The van der Waals surface area contributed by atoms with E-state index in [1.165, 1.54) is 4.90 Å². The van der Waals surface area contributed by atoms with Crippen LogP contribution in [0.2, 0.25) is 0 Å². The number of fused-ring (bicyclic) bond motifs is 3. The normalized spacial score (nSPS) is 13.4. The molecule has 1 aliphatic rings. The summed E-state index contributed by atoms with van der Waals surface area (Å²) in [6.45, 7) is 4.93. The number of aromatic nitrogens is 1. The first-order valence-electron chi connectivity index (χ1n) is 17.8. The molecule has 6 rings (SSSR count). The van der Waals surface area contributed by atoms with Crippen LogP contribution < -0.4 is 5.32 Å². The van der Waals surface area contributed by atoms with E-state index in [0.717, 1.165) is 46.0 Å². The molecule has 2 amide bonds. The Kier molecular flexibility index (Phi) is 11.3. The molecular formula is C43H43F2N3O6. The minimum absolute atomic E-state index is 0.0138. The lowest BCUT2D eigenvalue weighted by Crippen LogP contribution is -2.48. The largest absolute Gasteiger partial charge is 0.480 e. The van der Waals surface area contributed by atoms with Crippen molar-refractivity contribution >= 4 is 18.0 Å². The van der Waals surface area contributed by atoms with Gasteiger partial charge in [-0.1, -0.05) is 99.6 Å². The summed E-state index contributed by atoms with van der Waals surface area (Å²) in [7, 11) is 0. The van der Waals surface area contributed by atoms with Gasteiger partial charge in [0.15, 0.2) is 0 Å². The molecule has 1 aliphatic carbocycles. The first-order valence-corrected chi connectivity index (χ1v) is 17.8. The monoisotopic (exact) mass is 735 g/mol. The molecule has 2 atom stereocenters. The number of hydrogen-bond donors (Lipinski definition) is 3. The lowest BCUT2D eigenvalue weighted by Gasteiger charge is -2.41. The fraction of sp³-hybridized carbons (Fsp3) is 0.279. The summed E-state index contributed by atoms with van der Waals surface area (Å²) >= 11 is 0. The first-order chi connectivity index (χ1) is 25.8. The van der Waals surface area contributed by atoms with Crippen molar-refractivity contribution in [1.82, 2.24) is 14.8 Å². The van der Waals surface area contributed by atoms with E-state index in [4.69, 9.17) is 4.74 Å². The summed E-state index contributed by atoms with van der Waals surface area (Å²) in [5.41, 5.74) is 5.29. The Hall–Kier alpha value is -5.81. The number of aliphatic hydroxyl groups excluding tert-OH is 1. The molecule has 0 aliphatic heterocycles. The average Bonchev–Trinajstić information content (AvgIpc) is 3.70. The van der Waals surface area contributed by atoms with E-state index in [2.05, 4.69) is 5.32 Å². The number of rotatable bonds is 13. The maximum atomic E-state index is 15.1. The molecule has 0 bridgehead atoms. The maximum absolute atomic E-state index is 15.1. The van der Waals surface area contributed by atoms with Gasteiger partial charge in [0.25, 0.3) is 0 Å². The predicted octanol–water partition coefficient (Wildman–Crippen LogP) is 7.77. The zero-order chi connectivity index (χ0) is 38.6. The number of carbonyl (C=O) groups excluding carboxylic acids is 2. The third-order valence-electron chi connectivity index (χ3n) is 9.83. The minimum atomic E-state index is -1.44. The Balaban J connectivity index is 1.25. The van der Waals surface area contributed by atoms with Crippen molar-refractivity contribution in [2.45, 2.75) is 51.7 Å². The number of hydrogen-bond acceptors (Lipinski definition) is 5. The van der Waals surface area contributed by atoms with Crippen molar-refractivity contribution in [1.29, 1.82) is 0 Å². The Morgan fingerprint density at radius 1 is 0.870 bits per heavy atom. The number of aliphatic hydroxyl groups is 1. The molecule has 4 aromatic carbocycles. The Morgan fingerprint density at radius 3 is 2.11 bits per heavy atom. The van der Waals surface area contributed by atoms with Gasteiger partial charge in [-0.15, -0.1) is 0 Å². The molecule has 0 saturated heterocycles. The van der Waals surface area contributed by atoms with E-state index in [0.29, 0.717) is 17.8 Å². The van der Waals surface area contributed by atoms with Crippen LogP contribution in [0.3, 0.4) is 0 Å². The Labute approximate surface area is 312 Å². The molecular weight excluding hydrogens is 692 g/mol. The summed E-state index contributed by atoms with van der Waals surface area (Å²) in [4.78, 5) is 40.6. The Morgan fingerprint density at radius 2 is 1.50 bits per heavy atom. The van der Waals surface area contributed by atoms with E-state index in [9.17, 15) is 29.0 Å². The summed E-state index contributed by atoms with van der Waals surface area (Å²) in [5, 5.41) is 22.8. The number of carboxylic acids is 1. The van der Waals surface area contributed by atoms with Crippen LogP contribution in [-0.4, -0.2) is 63.5 Å². The molecule has 54 heavy (non-hydrogen) atoms. The predicted molar refractivity (Wildman–Crippen MR) is 201 cm³/mol. The summed E-state index contributed by atoms with van der Waals surface area (Å²) in [6, 6.07) is 27.9. The molecule has 0 radical (unpaired) electrons. The highest BCUT2D eigenvalue weighted by molar-refractivity contribution is 5.82. The second-order valence-electron chi connectivity index (χ2n) is 14.6. The molecule has 9 nitrogen and oxygen atoms in total. The number of amides is 2. The van der Waals surface area contributed by atoms with E-state index in [1.54, 1.807) is 12.3 Å². The minimum Gasteiger partial charge on any atom is -0.480 e. The number of aliphatic carboxylic acids is 1. The Bertz CT molecular complexity index is 2100. The van der Waals surface area contributed by atoms with Crippen molar-refractivity contribution in [2.75, 3.05) is 19.8 Å². The van der Waals surface area contributed by atoms with Crippen LogP contribution in [0.5, 0.6) is 0 Å². The first kappa shape index (κ1) is 37.9. The van der Waals surface area contributed by atoms with Gasteiger partial charge in [-0.05, 0) is 63.9 Å². The van der Waals surface area contributed by atoms with E-state index >= 15 is 4.39 Å². The van der Waals surface area contributed by atoms with Gasteiger partial charge in [-0.2, -0.15) is 0 Å². The molecule has 5 aromatic rings. The third-order valence-corrected chi connectivity index (χ3v) is 9.83. The number of nitrogens with zero attached hydrogens (tertiary/aromatic N) is 2. The van der Waals surface area contributed by atoms with Gasteiger partial charge < -0.3 is 29.7 Å². The van der Waals surface area contributed by atoms with Crippen molar-refractivity contribution in [3.8, 4) is 22.3 Å². The fourth-order valence-corrected chi connectivity index (χ4v) is 7.41. The molecule has 1 aromatic heterocycles. The van der Waals surface area contributed by atoms with Gasteiger partial charge in [0.05, 0.1) is 6.04 Å². The quantitative estimate of drug-likeness (QED) is 0.114. The molecule has 3 N–H and O–H groups in total. The van der Waals surface area contributed by atoms with Crippen LogP contribution >= 0.6 is 0 Å². The van der Waals surface area contributed by atoms with Gasteiger partial charge in [0.1, 0.15) is 30.9 Å². The van der Waals surface area contributed by atoms with Crippen LogP contribution in [0.25, 0.3) is 22.3 Å². The number of benzene rings is 4. The smallest absolute Gasteiger partial charge is 0.407 e. The van der Waals surface area contributed by atoms with Crippen LogP contribution in [0.1, 0.15) is 61.5 Å². The summed E-state index contributed by atoms with van der Waals surface area (Å²) < 4.78 is 36.9. The molecule has 0 saturated carbocycles. The zero-order valence-corrected chi connectivity index (χ0v) is 30.3.